The summed E-state index contributed by atoms with van der Waals surface area (Å²) in [6, 6.07) is 12.1. The van der Waals surface area contributed by atoms with E-state index >= 15 is 0 Å². The van der Waals surface area contributed by atoms with Crippen molar-refractivity contribution in [2.45, 2.75) is 63.7 Å². The fourth-order valence-corrected chi connectivity index (χ4v) is 9.12. The number of amides is 1. The van der Waals surface area contributed by atoms with Gasteiger partial charge < -0.3 is 24.7 Å². The van der Waals surface area contributed by atoms with Gasteiger partial charge in [0.2, 0.25) is 0 Å². The number of halogens is 1. The van der Waals surface area contributed by atoms with E-state index in [1.54, 1.807) is 24.4 Å². The maximum atomic E-state index is 13.9. The van der Waals surface area contributed by atoms with Crippen molar-refractivity contribution in [1.29, 1.82) is 0 Å². The number of nitrogens with zero attached hydrogens (tertiary/aromatic N) is 4. The van der Waals surface area contributed by atoms with Gasteiger partial charge in [-0.25, -0.2) is 22.5 Å². The molecule has 1 amide bonds. The second-order valence-corrected chi connectivity index (χ2v) is 18.2. The molecule has 2 aromatic carbocycles. The van der Waals surface area contributed by atoms with Gasteiger partial charge in [0, 0.05) is 88.3 Å². The summed E-state index contributed by atoms with van der Waals surface area (Å²) in [6.07, 6.45) is 9.02. The minimum atomic E-state index is -4.56. The highest BCUT2D eigenvalue weighted by atomic mass is 32.2. The molecule has 0 spiro atoms. The van der Waals surface area contributed by atoms with Crippen LogP contribution >= 0.6 is 0 Å². The van der Waals surface area contributed by atoms with Crippen LogP contribution in [0, 0.1) is 21.4 Å². The summed E-state index contributed by atoms with van der Waals surface area (Å²) < 4.78 is 54.7. The van der Waals surface area contributed by atoms with E-state index in [0.717, 1.165) is 68.9 Å². The fraction of sp³-hybridized carbons (Fsp3) is 0.442. The highest BCUT2D eigenvalue weighted by molar-refractivity contribution is 7.90. The van der Waals surface area contributed by atoms with E-state index in [9.17, 15) is 27.7 Å². The van der Waals surface area contributed by atoms with E-state index in [2.05, 4.69) is 50.2 Å². The molecule has 2 saturated heterocycles. The Morgan fingerprint density at radius 2 is 1.88 bits per heavy atom. The third-order valence-corrected chi connectivity index (χ3v) is 12.9. The zero-order chi connectivity index (χ0) is 41.7. The third kappa shape index (κ3) is 10.5. The van der Waals surface area contributed by atoms with Crippen LogP contribution in [0.5, 0.6) is 11.5 Å². The van der Waals surface area contributed by atoms with Crippen LogP contribution in [0.25, 0.3) is 11.0 Å². The molecule has 3 aliphatic rings. The number of nitrogens with one attached hydrogen (secondary N) is 3. The molecule has 0 bridgehead atoms. The van der Waals surface area contributed by atoms with Gasteiger partial charge in [0.1, 0.15) is 22.8 Å². The number of rotatable bonds is 15. The zero-order valence-electron chi connectivity index (χ0n) is 33.6. The molecule has 1 aliphatic carbocycles. The molecule has 7 rings (SSSR count). The molecule has 16 heteroatoms. The topological polar surface area (TPSA) is 172 Å². The fourth-order valence-electron chi connectivity index (χ4n) is 8.14. The zero-order valence-corrected chi connectivity index (χ0v) is 34.4. The van der Waals surface area contributed by atoms with Crippen LogP contribution in [0.3, 0.4) is 0 Å². The van der Waals surface area contributed by atoms with Crippen LogP contribution in [0.4, 0.5) is 21.5 Å². The van der Waals surface area contributed by atoms with Crippen LogP contribution in [-0.2, 0) is 14.8 Å². The summed E-state index contributed by atoms with van der Waals surface area (Å²) in [5.74, 6) is -0.526. The van der Waals surface area contributed by atoms with Crippen molar-refractivity contribution in [2.24, 2.45) is 11.3 Å². The van der Waals surface area contributed by atoms with Crippen molar-refractivity contribution in [1.82, 2.24) is 19.6 Å². The molecule has 0 saturated carbocycles. The van der Waals surface area contributed by atoms with Crippen molar-refractivity contribution < 1.29 is 32.0 Å². The molecular weight excluding hydrogens is 778 g/mol. The van der Waals surface area contributed by atoms with E-state index in [4.69, 9.17) is 9.47 Å². The van der Waals surface area contributed by atoms with Crippen molar-refractivity contribution >= 4 is 44.0 Å². The quantitative estimate of drug-likeness (QED) is 0.0601. The van der Waals surface area contributed by atoms with Crippen LogP contribution in [0.2, 0.25) is 0 Å². The number of hydrogen-bond donors (Lipinski definition) is 3. The lowest BCUT2D eigenvalue weighted by molar-refractivity contribution is -0.384. The third-order valence-electron chi connectivity index (χ3n) is 11.6. The Morgan fingerprint density at radius 3 is 2.63 bits per heavy atom. The Balaban J connectivity index is 1.08. The number of pyridine rings is 1. The molecule has 314 valence electrons. The lowest BCUT2D eigenvalue weighted by Crippen LogP contribution is -2.47. The second-order valence-electron chi connectivity index (χ2n) is 16.5. The lowest BCUT2D eigenvalue weighted by atomic mass is 9.73. The first-order valence-corrected chi connectivity index (χ1v) is 21.6. The summed E-state index contributed by atoms with van der Waals surface area (Å²) in [5.41, 5.74) is 4.10. The number of nitro groups is 1. The summed E-state index contributed by atoms with van der Waals surface area (Å²) >= 11 is 0. The van der Waals surface area contributed by atoms with Gasteiger partial charge in [-0.1, -0.05) is 31.6 Å². The van der Waals surface area contributed by atoms with Crippen molar-refractivity contribution in [3.8, 4) is 11.5 Å². The van der Waals surface area contributed by atoms with Gasteiger partial charge in [0.05, 0.1) is 27.4 Å². The highest BCUT2D eigenvalue weighted by Gasteiger charge is 2.30. The molecule has 2 fully saturated rings. The number of aromatic amines is 1. The first-order chi connectivity index (χ1) is 28.2. The second kappa shape index (κ2) is 17.9. The number of piperazine rings is 1. The normalized spacial score (nSPS) is 17.8. The number of nitro benzene ring substituents is 1. The molecule has 4 aromatic rings. The van der Waals surface area contributed by atoms with Crippen LogP contribution in [0.1, 0.15) is 69.2 Å². The van der Waals surface area contributed by atoms with E-state index in [1.165, 1.54) is 35.5 Å². The van der Waals surface area contributed by atoms with Gasteiger partial charge in [-0.15, -0.1) is 0 Å². The predicted molar refractivity (Wildman–Crippen MR) is 225 cm³/mol. The minimum absolute atomic E-state index is 0.0509. The number of carbonyl (C=O) groups is 1. The predicted octanol–water partition coefficient (Wildman–Crippen LogP) is 8.11. The largest absolute Gasteiger partial charge is 0.455 e. The molecule has 14 nitrogen and oxygen atoms in total. The number of benzene rings is 2. The standard InChI is InChI=1S/C43H52FN7O7S/c1-29(44)4-5-32-25-43(2,3)14-10-33(32)28-49-16-18-50(19-17-49)34-6-8-37(40(23-34)58-35-22-31-11-15-45-41(31)47-27-35)42(52)48-59(55,56)36-7-9-38(39(24-36)51(53)54)46-26-30-12-20-57-21-13-30/h6-9,11,15,22-24,27,30,46H,1,4-5,10,12-14,16-21,25-26,28H2,2-3H3,(H,45,47)(H,48,52). The van der Waals surface area contributed by atoms with Crippen LogP contribution in [-0.4, -0.2) is 86.6 Å². The molecule has 0 atom stereocenters. The van der Waals surface area contributed by atoms with Gasteiger partial charge >= 0.3 is 0 Å². The smallest absolute Gasteiger partial charge is 0.293 e. The minimum Gasteiger partial charge on any atom is -0.455 e. The van der Waals surface area contributed by atoms with Gasteiger partial charge in [-0.05, 0) is 86.3 Å². The number of fused-ring (bicyclic) bond motifs is 1. The lowest BCUT2D eigenvalue weighted by Gasteiger charge is -2.39. The highest BCUT2D eigenvalue weighted by Crippen LogP contribution is 2.41. The Hall–Kier alpha value is -5.32. The van der Waals surface area contributed by atoms with E-state index in [0.29, 0.717) is 57.1 Å². The number of aromatic nitrogens is 2. The Bertz CT molecular complexity index is 2350. The molecule has 3 N–H and O–H groups in total. The maximum Gasteiger partial charge on any atom is 0.293 e. The van der Waals surface area contributed by atoms with E-state index in [1.807, 2.05) is 6.07 Å². The van der Waals surface area contributed by atoms with Gasteiger partial charge in [-0.3, -0.25) is 19.8 Å². The number of allylic oxidation sites excluding steroid dienone is 2. The Labute approximate surface area is 344 Å². The molecule has 2 aliphatic heterocycles. The maximum absolute atomic E-state index is 13.9. The average molecular weight is 830 g/mol. The van der Waals surface area contributed by atoms with E-state index < -0.39 is 31.4 Å². The van der Waals surface area contributed by atoms with E-state index in [-0.39, 0.29) is 34.2 Å². The molecule has 59 heavy (non-hydrogen) atoms. The first-order valence-electron chi connectivity index (χ1n) is 20.2. The van der Waals surface area contributed by atoms with Crippen LogP contribution < -0.4 is 19.7 Å². The molecular formula is C43H52FN7O7S. The van der Waals surface area contributed by atoms with Crippen molar-refractivity contribution in [3.05, 3.63) is 100 Å². The number of sulfonamides is 1. The monoisotopic (exact) mass is 829 g/mol. The number of carbonyl (C=O) groups excluding carboxylic acids is 1. The van der Waals surface area contributed by atoms with Gasteiger partial charge in [0.15, 0.2) is 0 Å². The summed E-state index contributed by atoms with van der Waals surface area (Å²) in [5, 5.41) is 15.9. The molecule has 4 heterocycles. The van der Waals surface area contributed by atoms with Gasteiger partial charge in [-0.2, -0.15) is 0 Å². The SMILES string of the molecule is C=C(F)CCC1=C(CN2CCN(c3ccc(C(=O)NS(=O)(=O)c4ccc(NCC5CCOCC5)c([N+](=O)[O-])c4)c(Oc4cnc5[nH]ccc5c4)c3)CC2)CCC(C)(C)C1. The van der Waals surface area contributed by atoms with Crippen LogP contribution in [0.15, 0.2) is 89.4 Å². The Kier molecular flexibility index (Phi) is 12.7. The molecule has 2 aromatic heterocycles. The number of anilines is 2. The average Bonchev–Trinajstić information content (AvgIpc) is 3.68. The van der Waals surface area contributed by atoms with Gasteiger partial charge in [0.25, 0.3) is 21.6 Å². The summed E-state index contributed by atoms with van der Waals surface area (Å²) in [7, 11) is -4.56. The Morgan fingerprint density at radius 1 is 1.10 bits per heavy atom. The first kappa shape index (κ1) is 41.8. The number of ether oxygens (including phenoxy) is 2. The van der Waals surface area contributed by atoms with Crippen molar-refractivity contribution in [3.63, 3.8) is 0 Å². The summed E-state index contributed by atoms with van der Waals surface area (Å²) in [6.45, 7) is 13.6. The number of hydrogen-bond acceptors (Lipinski definition) is 11. The molecule has 0 unspecified atom stereocenters. The number of H-pyrrole nitrogens is 1. The molecule has 0 radical (unpaired) electrons. The van der Waals surface area contributed by atoms with Crippen molar-refractivity contribution in [2.75, 3.05) is 62.7 Å². The summed E-state index contributed by atoms with van der Waals surface area (Å²) in [4.78, 5) is 36.9.